The van der Waals surface area contributed by atoms with Crippen LogP contribution in [0.3, 0.4) is 0 Å². The summed E-state index contributed by atoms with van der Waals surface area (Å²) in [7, 11) is 0. The Bertz CT molecular complexity index is 347. The summed E-state index contributed by atoms with van der Waals surface area (Å²) < 4.78 is 4.85. The molecule has 0 bridgehead atoms. The molecule has 1 aliphatic rings. The van der Waals surface area contributed by atoms with Gasteiger partial charge in [0.1, 0.15) is 0 Å². The van der Waals surface area contributed by atoms with E-state index in [1.807, 2.05) is 0 Å². The lowest BCUT2D eigenvalue weighted by molar-refractivity contribution is -0.115. The fraction of sp³-hybridized carbons (Fsp3) is 0.692. The Morgan fingerprint density at radius 3 is 2.35 bits per heavy atom. The van der Waals surface area contributed by atoms with Gasteiger partial charge < -0.3 is 20.3 Å². The molecule has 1 rings (SSSR count). The lowest BCUT2D eigenvalue weighted by Gasteiger charge is -2.12. The zero-order valence-electron chi connectivity index (χ0n) is 11.5. The van der Waals surface area contributed by atoms with Gasteiger partial charge in [-0.05, 0) is 31.6 Å². The maximum Gasteiger partial charge on any atom is 0.321 e. The monoisotopic (exact) mass is 286 g/mol. The summed E-state index contributed by atoms with van der Waals surface area (Å²) in [5, 5.41) is 23.1. The normalized spacial score (nSPS) is 22.9. The van der Waals surface area contributed by atoms with Gasteiger partial charge in [0, 0.05) is 25.3 Å². The molecule has 0 aromatic carbocycles. The first kappa shape index (κ1) is 16.5. The number of carbonyl (C=O) groups excluding carboxylic acids is 2. The van der Waals surface area contributed by atoms with Crippen LogP contribution < -0.4 is 10.6 Å². The molecule has 4 N–H and O–H groups in total. The van der Waals surface area contributed by atoms with E-state index >= 15 is 0 Å². The minimum atomic E-state index is -0.587. The molecule has 2 atom stereocenters. The van der Waals surface area contributed by atoms with E-state index in [-0.39, 0.29) is 31.1 Å². The summed E-state index contributed by atoms with van der Waals surface area (Å²) in [4.78, 5) is 22.9. The lowest BCUT2D eigenvalue weighted by atomic mass is 9.98. The van der Waals surface area contributed by atoms with Gasteiger partial charge in [0.25, 0.3) is 5.91 Å². The summed E-state index contributed by atoms with van der Waals surface area (Å²) in [5.74, 6) is -0.593. The largest absolute Gasteiger partial charge is 0.501 e. The van der Waals surface area contributed by atoms with Crippen molar-refractivity contribution in [2.45, 2.75) is 25.8 Å². The van der Waals surface area contributed by atoms with Gasteiger partial charge in [-0.3, -0.25) is 10.1 Å². The van der Waals surface area contributed by atoms with Crippen molar-refractivity contribution in [2.24, 2.45) is 11.8 Å². The van der Waals surface area contributed by atoms with Gasteiger partial charge in [0.15, 0.2) is 0 Å². The molecule has 0 aromatic heterocycles. The molecule has 0 aliphatic heterocycles. The first-order valence-corrected chi connectivity index (χ1v) is 6.72. The van der Waals surface area contributed by atoms with Crippen LogP contribution >= 0.6 is 0 Å². The standard InChI is InChI=1S/C13H22N2O5/c1-2-20-4-3-12(18)15-13(19)14-11-5-9(7-16)10(6-11)8-17/h3-4,9-11,16-17H,2,5-8H2,1H3,(H2,14,15,18,19)/b4-3+/t9-,10-/m0/s1. The summed E-state index contributed by atoms with van der Waals surface area (Å²) in [6.07, 6.45) is 3.54. The third-order valence-electron chi connectivity index (χ3n) is 3.36. The highest BCUT2D eigenvalue weighted by Crippen LogP contribution is 2.31. The highest BCUT2D eigenvalue weighted by molar-refractivity contribution is 6.00. The summed E-state index contributed by atoms with van der Waals surface area (Å²) >= 11 is 0. The summed E-state index contributed by atoms with van der Waals surface area (Å²) in [6.45, 7) is 2.20. The van der Waals surface area contributed by atoms with E-state index in [1.165, 1.54) is 6.26 Å². The van der Waals surface area contributed by atoms with E-state index in [4.69, 9.17) is 14.9 Å². The van der Waals surface area contributed by atoms with E-state index < -0.39 is 11.9 Å². The van der Waals surface area contributed by atoms with Crippen molar-refractivity contribution in [1.29, 1.82) is 0 Å². The average molecular weight is 286 g/mol. The molecule has 1 fully saturated rings. The number of hydrogen-bond acceptors (Lipinski definition) is 5. The first-order valence-electron chi connectivity index (χ1n) is 6.72. The van der Waals surface area contributed by atoms with Gasteiger partial charge >= 0.3 is 6.03 Å². The number of urea groups is 1. The molecule has 20 heavy (non-hydrogen) atoms. The molecule has 114 valence electrons. The molecule has 0 heterocycles. The molecule has 3 amide bonds. The lowest BCUT2D eigenvalue weighted by Crippen LogP contribution is -2.43. The Kier molecular flexibility index (Phi) is 7.03. The zero-order valence-corrected chi connectivity index (χ0v) is 11.5. The summed E-state index contributed by atoms with van der Waals surface area (Å²) in [5.41, 5.74) is 0. The van der Waals surface area contributed by atoms with Crippen LogP contribution in [-0.4, -0.2) is 48.0 Å². The van der Waals surface area contributed by atoms with Crippen LogP contribution in [0.4, 0.5) is 4.79 Å². The molecule has 0 radical (unpaired) electrons. The van der Waals surface area contributed by atoms with E-state index in [0.29, 0.717) is 19.4 Å². The highest BCUT2D eigenvalue weighted by atomic mass is 16.5. The van der Waals surface area contributed by atoms with E-state index in [1.54, 1.807) is 6.92 Å². The molecule has 0 spiro atoms. The van der Waals surface area contributed by atoms with Gasteiger partial charge in [-0.1, -0.05) is 0 Å². The molecule has 7 heteroatoms. The predicted octanol–water partition coefficient (Wildman–Crippen LogP) is -0.258. The smallest absolute Gasteiger partial charge is 0.321 e. The average Bonchev–Trinajstić information content (AvgIpc) is 2.80. The number of hydrogen-bond donors (Lipinski definition) is 4. The van der Waals surface area contributed by atoms with Crippen molar-refractivity contribution in [3.63, 3.8) is 0 Å². The molecule has 7 nitrogen and oxygen atoms in total. The van der Waals surface area contributed by atoms with Crippen molar-refractivity contribution >= 4 is 11.9 Å². The molecular weight excluding hydrogens is 264 g/mol. The van der Waals surface area contributed by atoms with Crippen molar-refractivity contribution in [3.8, 4) is 0 Å². The number of aliphatic hydroxyl groups excluding tert-OH is 2. The van der Waals surface area contributed by atoms with Gasteiger partial charge in [0.05, 0.1) is 12.9 Å². The fourth-order valence-electron chi connectivity index (χ4n) is 2.36. The summed E-state index contributed by atoms with van der Waals surface area (Å²) in [6, 6.07) is -0.732. The Labute approximate surface area is 118 Å². The third-order valence-corrected chi connectivity index (χ3v) is 3.36. The topological polar surface area (TPSA) is 108 Å². The van der Waals surface area contributed by atoms with Crippen molar-refractivity contribution < 1.29 is 24.5 Å². The van der Waals surface area contributed by atoms with E-state index in [2.05, 4.69) is 10.6 Å². The zero-order chi connectivity index (χ0) is 15.0. The Balaban J connectivity index is 2.34. The van der Waals surface area contributed by atoms with Gasteiger partial charge in [-0.15, -0.1) is 0 Å². The third kappa shape index (κ3) is 5.18. The first-order chi connectivity index (χ1) is 9.60. The minimum absolute atomic E-state index is 0.0128. The molecule has 1 saturated carbocycles. The number of ether oxygens (including phenoxy) is 1. The maximum atomic E-state index is 11.6. The SMILES string of the molecule is CCO/C=C/C(=O)NC(=O)NC1C[C@@H](CO)[C@H](CO)C1. The van der Waals surface area contributed by atoms with E-state index in [0.717, 1.165) is 6.08 Å². The number of imide groups is 1. The predicted molar refractivity (Wildman–Crippen MR) is 71.6 cm³/mol. The second-order valence-corrected chi connectivity index (χ2v) is 4.77. The van der Waals surface area contributed by atoms with Gasteiger partial charge in [0.2, 0.25) is 0 Å². The van der Waals surface area contributed by atoms with Crippen LogP contribution in [0.5, 0.6) is 0 Å². The number of carbonyl (C=O) groups is 2. The van der Waals surface area contributed by atoms with Crippen molar-refractivity contribution in [2.75, 3.05) is 19.8 Å². The highest BCUT2D eigenvalue weighted by Gasteiger charge is 2.34. The molecule has 0 aromatic rings. The number of aliphatic hydroxyl groups is 2. The minimum Gasteiger partial charge on any atom is -0.501 e. The maximum absolute atomic E-state index is 11.6. The Hall–Kier alpha value is -1.60. The molecule has 0 unspecified atom stereocenters. The second kappa shape index (κ2) is 8.55. The fourth-order valence-corrected chi connectivity index (χ4v) is 2.36. The van der Waals surface area contributed by atoms with Crippen LogP contribution in [0.1, 0.15) is 19.8 Å². The van der Waals surface area contributed by atoms with Crippen LogP contribution in [-0.2, 0) is 9.53 Å². The van der Waals surface area contributed by atoms with Crippen molar-refractivity contribution in [3.05, 3.63) is 12.3 Å². The number of rotatable bonds is 6. The van der Waals surface area contributed by atoms with Crippen LogP contribution in [0, 0.1) is 11.8 Å². The second-order valence-electron chi connectivity index (χ2n) is 4.77. The number of nitrogens with one attached hydrogen (secondary N) is 2. The Morgan fingerprint density at radius 1 is 1.25 bits per heavy atom. The Morgan fingerprint density at radius 2 is 1.85 bits per heavy atom. The molecule has 1 aliphatic carbocycles. The quantitative estimate of drug-likeness (QED) is 0.397. The van der Waals surface area contributed by atoms with Crippen LogP contribution in [0.2, 0.25) is 0 Å². The van der Waals surface area contributed by atoms with E-state index in [9.17, 15) is 9.59 Å². The van der Waals surface area contributed by atoms with Gasteiger partial charge in [-0.25, -0.2) is 4.79 Å². The molecular formula is C13H22N2O5. The van der Waals surface area contributed by atoms with Crippen molar-refractivity contribution in [1.82, 2.24) is 10.6 Å². The van der Waals surface area contributed by atoms with Gasteiger partial charge in [-0.2, -0.15) is 0 Å². The van der Waals surface area contributed by atoms with Crippen LogP contribution in [0.25, 0.3) is 0 Å². The number of amides is 3. The molecule has 0 saturated heterocycles. The van der Waals surface area contributed by atoms with Crippen LogP contribution in [0.15, 0.2) is 12.3 Å².